The topological polar surface area (TPSA) is 35.5 Å². The van der Waals surface area contributed by atoms with Crippen LogP contribution in [-0.2, 0) is 9.53 Å². The first-order valence-corrected chi connectivity index (χ1v) is 9.01. The van der Waals surface area contributed by atoms with E-state index in [2.05, 4.69) is 19.1 Å². The van der Waals surface area contributed by atoms with Crippen LogP contribution < -0.4 is 4.74 Å². The number of hydrogen-bond donors (Lipinski definition) is 0. The lowest BCUT2D eigenvalue weighted by molar-refractivity contribution is -0.147. The number of unbranched alkanes of at least 4 members (excludes halogenated alkanes) is 1. The Balaban J connectivity index is 1.99. The van der Waals surface area contributed by atoms with E-state index >= 15 is 0 Å². The van der Waals surface area contributed by atoms with Crippen LogP contribution in [0.4, 0.5) is 0 Å². The molecular formula is C22H26O3. The lowest BCUT2D eigenvalue weighted by Gasteiger charge is -2.26. The van der Waals surface area contributed by atoms with Gasteiger partial charge in [0.1, 0.15) is 17.5 Å². The molecule has 132 valence electrons. The second-order valence-corrected chi connectivity index (χ2v) is 7.51. The van der Waals surface area contributed by atoms with Crippen molar-refractivity contribution in [3.8, 4) is 5.75 Å². The summed E-state index contributed by atoms with van der Waals surface area (Å²) in [5, 5.41) is 2.24. The van der Waals surface area contributed by atoms with Crippen molar-refractivity contribution < 1.29 is 14.3 Å². The minimum absolute atomic E-state index is 0.140. The predicted octanol–water partition coefficient (Wildman–Crippen LogP) is 5.82. The average Bonchev–Trinajstić information content (AvgIpc) is 2.56. The molecule has 0 aliphatic heterocycles. The molecule has 0 fully saturated rings. The standard InChI is InChI=1S/C22H26O3/c1-5-6-10-20(23)24-18-14-12-17-19(25-22(2,3)4)13-11-15-8-7-9-16(18)21(15)17/h7-9,11-14,18H,5-6,10H2,1-4H3. The van der Waals surface area contributed by atoms with Crippen molar-refractivity contribution in [2.45, 2.75) is 58.7 Å². The first kappa shape index (κ1) is 17.5. The number of carbonyl (C=O) groups excluding carboxylic acids is 1. The van der Waals surface area contributed by atoms with Crippen molar-refractivity contribution in [3.63, 3.8) is 0 Å². The summed E-state index contributed by atoms with van der Waals surface area (Å²) in [7, 11) is 0. The normalized spacial score (nSPS) is 16.1. The summed E-state index contributed by atoms with van der Waals surface area (Å²) >= 11 is 0. The zero-order chi connectivity index (χ0) is 18.0. The van der Waals surface area contributed by atoms with E-state index in [1.54, 1.807) is 0 Å². The fraction of sp³-hybridized carbons (Fsp3) is 0.409. The van der Waals surface area contributed by atoms with Gasteiger partial charge in [0.05, 0.1) is 0 Å². The maximum atomic E-state index is 12.1. The Hall–Kier alpha value is -2.29. The van der Waals surface area contributed by atoms with Crippen molar-refractivity contribution in [2.24, 2.45) is 0 Å². The number of hydrogen-bond acceptors (Lipinski definition) is 3. The maximum Gasteiger partial charge on any atom is 0.306 e. The summed E-state index contributed by atoms with van der Waals surface area (Å²) in [5.74, 6) is 0.721. The molecule has 1 atom stereocenters. The molecule has 0 radical (unpaired) electrons. The quantitative estimate of drug-likeness (QED) is 0.645. The van der Waals surface area contributed by atoms with Gasteiger partial charge >= 0.3 is 5.97 Å². The maximum absolute atomic E-state index is 12.1. The number of rotatable bonds is 5. The largest absolute Gasteiger partial charge is 0.488 e. The minimum atomic E-state index is -0.328. The Morgan fingerprint density at radius 3 is 2.68 bits per heavy atom. The predicted molar refractivity (Wildman–Crippen MR) is 102 cm³/mol. The molecule has 1 unspecified atom stereocenters. The third-order valence-electron chi connectivity index (χ3n) is 4.23. The van der Waals surface area contributed by atoms with Crippen molar-refractivity contribution in [1.82, 2.24) is 0 Å². The van der Waals surface area contributed by atoms with Crippen LogP contribution in [0.1, 0.15) is 64.2 Å². The highest BCUT2D eigenvalue weighted by atomic mass is 16.5. The molecular weight excluding hydrogens is 312 g/mol. The Morgan fingerprint density at radius 2 is 1.96 bits per heavy atom. The van der Waals surface area contributed by atoms with Crippen LogP contribution in [0.2, 0.25) is 0 Å². The van der Waals surface area contributed by atoms with E-state index in [0.717, 1.165) is 40.5 Å². The van der Waals surface area contributed by atoms with Crippen LogP contribution in [0.5, 0.6) is 5.75 Å². The van der Waals surface area contributed by atoms with Crippen LogP contribution >= 0.6 is 0 Å². The molecule has 2 aromatic carbocycles. The lowest BCUT2D eigenvalue weighted by Crippen LogP contribution is -2.23. The van der Waals surface area contributed by atoms with E-state index in [9.17, 15) is 4.79 Å². The smallest absolute Gasteiger partial charge is 0.306 e. The molecule has 0 saturated carbocycles. The molecule has 3 nitrogen and oxygen atoms in total. The van der Waals surface area contributed by atoms with Gasteiger partial charge in [0.2, 0.25) is 0 Å². The number of ether oxygens (including phenoxy) is 2. The van der Waals surface area contributed by atoms with E-state index in [1.165, 1.54) is 0 Å². The SMILES string of the molecule is CCCCC(=O)OC1C=Cc2c(OC(C)(C)C)ccc3cccc1c23. The molecule has 0 N–H and O–H groups in total. The average molecular weight is 338 g/mol. The zero-order valence-corrected chi connectivity index (χ0v) is 15.5. The third-order valence-corrected chi connectivity index (χ3v) is 4.23. The molecule has 1 aliphatic rings. The van der Waals surface area contributed by atoms with Crippen LogP contribution in [0.25, 0.3) is 16.8 Å². The van der Waals surface area contributed by atoms with E-state index in [4.69, 9.17) is 9.47 Å². The summed E-state index contributed by atoms with van der Waals surface area (Å²) in [5.41, 5.74) is 1.82. The summed E-state index contributed by atoms with van der Waals surface area (Å²) < 4.78 is 11.8. The molecule has 0 bridgehead atoms. The first-order valence-electron chi connectivity index (χ1n) is 9.01. The van der Waals surface area contributed by atoms with Gasteiger partial charge in [0, 0.05) is 17.5 Å². The second-order valence-electron chi connectivity index (χ2n) is 7.51. The molecule has 2 aromatic rings. The number of carbonyl (C=O) groups is 1. The van der Waals surface area contributed by atoms with Gasteiger partial charge in [-0.15, -0.1) is 0 Å². The van der Waals surface area contributed by atoms with Gasteiger partial charge in [-0.3, -0.25) is 4.79 Å². The van der Waals surface area contributed by atoms with Crippen LogP contribution in [0.15, 0.2) is 36.4 Å². The van der Waals surface area contributed by atoms with Gasteiger partial charge in [-0.05, 0) is 50.1 Å². The zero-order valence-electron chi connectivity index (χ0n) is 15.5. The Morgan fingerprint density at radius 1 is 1.16 bits per heavy atom. The van der Waals surface area contributed by atoms with Crippen molar-refractivity contribution in [1.29, 1.82) is 0 Å². The van der Waals surface area contributed by atoms with Gasteiger partial charge in [-0.2, -0.15) is 0 Å². The molecule has 0 aromatic heterocycles. The lowest BCUT2D eigenvalue weighted by atomic mass is 9.90. The Labute approximate surface area is 149 Å². The minimum Gasteiger partial charge on any atom is -0.488 e. The van der Waals surface area contributed by atoms with Crippen molar-refractivity contribution >= 4 is 22.8 Å². The highest BCUT2D eigenvalue weighted by Crippen LogP contribution is 2.40. The first-order chi connectivity index (χ1) is 11.9. The van der Waals surface area contributed by atoms with Crippen molar-refractivity contribution in [3.05, 3.63) is 47.5 Å². The summed E-state index contributed by atoms with van der Waals surface area (Å²) in [6.45, 7) is 8.20. The van der Waals surface area contributed by atoms with E-state index in [1.807, 2.05) is 51.1 Å². The Bertz CT molecular complexity index is 812. The van der Waals surface area contributed by atoms with Gasteiger partial charge in [-0.1, -0.05) is 43.7 Å². The second kappa shape index (κ2) is 6.91. The fourth-order valence-corrected chi connectivity index (χ4v) is 3.15. The van der Waals surface area contributed by atoms with Crippen LogP contribution in [0, 0.1) is 0 Å². The third kappa shape index (κ3) is 3.87. The summed E-state index contributed by atoms with van der Waals surface area (Å²) in [6.07, 6.45) is 5.97. The van der Waals surface area contributed by atoms with Crippen LogP contribution in [-0.4, -0.2) is 11.6 Å². The van der Waals surface area contributed by atoms with Gasteiger partial charge in [0.25, 0.3) is 0 Å². The highest BCUT2D eigenvalue weighted by molar-refractivity contribution is 5.98. The molecule has 0 heterocycles. The number of benzene rings is 2. The van der Waals surface area contributed by atoms with Crippen molar-refractivity contribution in [2.75, 3.05) is 0 Å². The van der Waals surface area contributed by atoms with Crippen LogP contribution in [0.3, 0.4) is 0 Å². The summed E-state index contributed by atoms with van der Waals surface area (Å²) in [4.78, 5) is 12.1. The fourth-order valence-electron chi connectivity index (χ4n) is 3.15. The molecule has 1 aliphatic carbocycles. The molecule has 25 heavy (non-hydrogen) atoms. The molecule has 3 heteroatoms. The van der Waals surface area contributed by atoms with E-state index < -0.39 is 0 Å². The molecule has 3 rings (SSSR count). The number of esters is 1. The monoisotopic (exact) mass is 338 g/mol. The van der Waals surface area contributed by atoms with Gasteiger partial charge < -0.3 is 9.47 Å². The van der Waals surface area contributed by atoms with E-state index in [0.29, 0.717) is 6.42 Å². The van der Waals surface area contributed by atoms with Gasteiger partial charge in [-0.25, -0.2) is 0 Å². The summed E-state index contributed by atoms with van der Waals surface area (Å²) in [6, 6.07) is 10.2. The highest BCUT2D eigenvalue weighted by Gasteiger charge is 2.24. The Kier molecular flexibility index (Phi) is 4.85. The molecule has 0 amide bonds. The molecule has 0 spiro atoms. The molecule has 0 saturated heterocycles. The van der Waals surface area contributed by atoms with E-state index in [-0.39, 0.29) is 17.7 Å². The van der Waals surface area contributed by atoms with Gasteiger partial charge in [0.15, 0.2) is 0 Å².